The van der Waals surface area contributed by atoms with Crippen LogP contribution in [-0.4, -0.2) is 19.4 Å². The molecule has 0 amide bonds. The first-order valence-electron chi connectivity index (χ1n) is 6.24. The van der Waals surface area contributed by atoms with Gasteiger partial charge in [0.15, 0.2) is 4.34 Å². The second kappa shape index (κ2) is 7.35. The number of nitrogens with zero attached hydrogens (tertiary/aromatic N) is 1. The van der Waals surface area contributed by atoms with E-state index in [9.17, 15) is 18.5 Å². The van der Waals surface area contributed by atoms with Crippen molar-refractivity contribution in [3.05, 3.63) is 20.5 Å². The van der Waals surface area contributed by atoms with E-state index in [0.717, 1.165) is 31.7 Å². The number of rotatable bonds is 8. The maximum Gasteiger partial charge on any atom is 0.300 e. The predicted molar refractivity (Wildman–Crippen MR) is 79.9 cm³/mol. The largest absolute Gasteiger partial charge is 0.300 e. The summed E-state index contributed by atoms with van der Waals surface area (Å²) in [6.07, 6.45) is 3.77. The van der Waals surface area contributed by atoms with Crippen molar-refractivity contribution < 1.29 is 13.3 Å². The van der Waals surface area contributed by atoms with Crippen LogP contribution >= 0.6 is 22.9 Å². The van der Waals surface area contributed by atoms with Crippen molar-refractivity contribution in [3.63, 3.8) is 0 Å². The molecular formula is C11H17ClN2O4S2. The summed E-state index contributed by atoms with van der Waals surface area (Å²) in [5.74, 6) is 0. The third kappa shape index (κ3) is 4.69. The molecule has 0 radical (unpaired) electrons. The fourth-order valence-electron chi connectivity index (χ4n) is 1.68. The number of halogens is 1. The average molecular weight is 341 g/mol. The highest BCUT2D eigenvalue weighted by Crippen LogP contribution is 2.36. The van der Waals surface area contributed by atoms with Gasteiger partial charge in [0.25, 0.3) is 15.7 Å². The van der Waals surface area contributed by atoms with Crippen molar-refractivity contribution in [1.82, 2.24) is 4.72 Å². The van der Waals surface area contributed by atoms with Crippen molar-refractivity contribution in [2.75, 3.05) is 0 Å². The molecule has 0 spiro atoms. The Morgan fingerprint density at radius 3 is 2.65 bits per heavy atom. The minimum atomic E-state index is -3.75. The van der Waals surface area contributed by atoms with E-state index in [4.69, 9.17) is 11.6 Å². The van der Waals surface area contributed by atoms with Crippen LogP contribution in [0.2, 0.25) is 4.34 Å². The summed E-state index contributed by atoms with van der Waals surface area (Å²) in [7, 11) is -3.75. The van der Waals surface area contributed by atoms with Crippen LogP contribution in [-0.2, 0) is 10.0 Å². The molecule has 6 nitrogen and oxygen atoms in total. The second-order valence-electron chi connectivity index (χ2n) is 4.50. The van der Waals surface area contributed by atoms with Crippen molar-refractivity contribution in [2.24, 2.45) is 0 Å². The van der Waals surface area contributed by atoms with Gasteiger partial charge in [-0.3, -0.25) is 10.1 Å². The molecule has 1 atom stereocenters. The summed E-state index contributed by atoms with van der Waals surface area (Å²) in [4.78, 5) is 9.98. The van der Waals surface area contributed by atoms with Gasteiger partial charge in [-0.2, -0.15) is 0 Å². The Kier molecular flexibility index (Phi) is 6.38. The molecule has 1 aromatic heterocycles. The monoisotopic (exact) mass is 340 g/mol. The number of thiophene rings is 1. The Bertz CT molecular complexity index is 571. The highest BCUT2D eigenvalue weighted by atomic mass is 35.5. The number of hydrogen-bond donors (Lipinski definition) is 1. The fraction of sp³-hybridized carbons (Fsp3) is 0.636. The molecule has 0 saturated carbocycles. The number of nitrogens with one attached hydrogen (secondary N) is 1. The highest BCUT2D eigenvalue weighted by molar-refractivity contribution is 7.91. The zero-order valence-electron chi connectivity index (χ0n) is 11.3. The van der Waals surface area contributed by atoms with E-state index >= 15 is 0 Å². The third-order valence-corrected chi connectivity index (χ3v) is 6.11. The van der Waals surface area contributed by atoms with E-state index < -0.39 is 14.9 Å². The van der Waals surface area contributed by atoms with Crippen LogP contribution in [0, 0.1) is 10.1 Å². The van der Waals surface area contributed by atoms with Crippen molar-refractivity contribution in [2.45, 2.75) is 49.8 Å². The van der Waals surface area contributed by atoms with Gasteiger partial charge < -0.3 is 0 Å². The Labute approximate surface area is 127 Å². The Morgan fingerprint density at radius 1 is 1.50 bits per heavy atom. The van der Waals surface area contributed by atoms with Crippen LogP contribution in [0.1, 0.15) is 39.5 Å². The van der Waals surface area contributed by atoms with Crippen molar-refractivity contribution in [1.29, 1.82) is 0 Å². The van der Waals surface area contributed by atoms with Crippen LogP contribution in [0.25, 0.3) is 0 Å². The summed E-state index contributed by atoms with van der Waals surface area (Å²) in [5.41, 5.74) is -0.379. The van der Waals surface area contributed by atoms with Gasteiger partial charge >= 0.3 is 0 Å². The molecule has 1 rings (SSSR count). The Hall–Kier alpha value is -0.700. The van der Waals surface area contributed by atoms with E-state index in [1.165, 1.54) is 0 Å². The smallest absolute Gasteiger partial charge is 0.258 e. The van der Waals surface area contributed by atoms with Gasteiger partial charge in [0.1, 0.15) is 4.21 Å². The van der Waals surface area contributed by atoms with Crippen LogP contribution in [0.15, 0.2) is 10.3 Å². The van der Waals surface area contributed by atoms with Gasteiger partial charge in [0.05, 0.1) is 4.92 Å². The first kappa shape index (κ1) is 17.4. The lowest BCUT2D eigenvalue weighted by Gasteiger charge is -2.12. The molecule has 0 saturated heterocycles. The standard InChI is InChI=1S/C11H17ClN2O4S2/c1-3-4-5-6-8(2)13-20(17,18)10-7-9(14(15)16)11(12)19-10/h7-8,13H,3-6H2,1-2H3. The van der Waals surface area contributed by atoms with E-state index in [-0.39, 0.29) is 20.3 Å². The molecular weight excluding hydrogens is 324 g/mol. The first-order chi connectivity index (χ1) is 9.27. The van der Waals surface area contributed by atoms with Gasteiger partial charge in [-0.15, -0.1) is 11.3 Å². The lowest BCUT2D eigenvalue weighted by atomic mass is 10.1. The number of unbranched alkanes of at least 4 members (excludes halogenated alkanes) is 2. The molecule has 9 heteroatoms. The predicted octanol–water partition coefficient (Wildman–Crippen LogP) is 3.56. The molecule has 0 aliphatic heterocycles. The number of sulfonamides is 1. The first-order valence-corrected chi connectivity index (χ1v) is 8.91. The lowest BCUT2D eigenvalue weighted by Crippen LogP contribution is -2.32. The molecule has 1 N–H and O–H groups in total. The zero-order chi connectivity index (χ0) is 15.3. The quantitative estimate of drug-likeness (QED) is 0.445. The summed E-state index contributed by atoms with van der Waals surface area (Å²) in [5, 5.41) is 10.7. The average Bonchev–Trinajstić information content (AvgIpc) is 2.72. The van der Waals surface area contributed by atoms with Crippen LogP contribution < -0.4 is 4.72 Å². The third-order valence-electron chi connectivity index (χ3n) is 2.70. The molecule has 0 bridgehead atoms. The van der Waals surface area contributed by atoms with Crippen LogP contribution in [0.3, 0.4) is 0 Å². The normalized spacial score (nSPS) is 13.3. The maximum atomic E-state index is 12.1. The van der Waals surface area contributed by atoms with E-state index in [2.05, 4.69) is 11.6 Å². The summed E-state index contributed by atoms with van der Waals surface area (Å²) >= 11 is 6.36. The molecule has 20 heavy (non-hydrogen) atoms. The van der Waals surface area contributed by atoms with Crippen LogP contribution in [0.5, 0.6) is 0 Å². The topological polar surface area (TPSA) is 89.3 Å². The van der Waals surface area contributed by atoms with Crippen molar-refractivity contribution in [3.8, 4) is 0 Å². The summed E-state index contributed by atoms with van der Waals surface area (Å²) in [6, 6.07) is 0.778. The summed E-state index contributed by atoms with van der Waals surface area (Å²) < 4.78 is 26.4. The van der Waals surface area contributed by atoms with Gasteiger partial charge in [0.2, 0.25) is 0 Å². The SMILES string of the molecule is CCCCCC(C)NS(=O)(=O)c1cc([N+](=O)[O-])c(Cl)s1. The fourth-order valence-corrected chi connectivity index (χ4v) is 4.64. The Morgan fingerprint density at radius 2 is 2.15 bits per heavy atom. The van der Waals surface area contributed by atoms with Crippen molar-refractivity contribution >= 4 is 38.6 Å². The van der Waals surface area contributed by atoms with Gasteiger partial charge in [0, 0.05) is 12.1 Å². The Balaban J connectivity index is 2.78. The van der Waals surface area contributed by atoms with E-state index in [1.54, 1.807) is 6.92 Å². The molecule has 1 heterocycles. The molecule has 114 valence electrons. The summed E-state index contributed by atoms with van der Waals surface area (Å²) in [6.45, 7) is 3.85. The van der Waals surface area contributed by atoms with Gasteiger partial charge in [-0.1, -0.05) is 37.8 Å². The van der Waals surface area contributed by atoms with Gasteiger partial charge in [-0.05, 0) is 13.3 Å². The minimum Gasteiger partial charge on any atom is -0.258 e. The van der Waals surface area contributed by atoms with E-state index in [0.29, 0.717) is 11.3 Å². The molecule has 0 aromatic carbocycles. The van der Waals surface area contributed by atoms with E-state index in [1.807, 2.05) is 0 Å². The molecule has 1 unspecified atom stereocenters. The highest BCUT2D eigenvalue weighted by Gasteiger charge is 2.26. The second-order valence-corrected chi connectivity index (χ2v) is 8.09. The zero-order valence-corrected chi connectivity index (χ0v) is 13.6. The molecule has 0 aliphatic rings. The van der Waals surface area contributed by atoms with Crippen LogP contribution in [0.4, 0.5) is 5.69 Å². The maximum absolute atomic E-state index is 12.1. The molecule has 0 fully saturated rings. The van der Waals surface area contributed by atoms with Gasteiger partial charge in [-0.25, -0.2) is 13.1 Å². The number of hydrogen-bond acceptors (Lipinski definition) is 5. The minimum absolute atomic E-state index is 0.128. The molecule has 0 aliphatic carbocycles. The lowest BCUT2D eigenvalue weighted by molar-refractivity contribution is -0.384. The number of nitro groups is 1. The molecule has 1 aromatic rings.